The number of benzene rings is 1. The lowest BCUT2D eigenvalue weighted by Gasteiger charge is -2.27. The van der Waals surface area contributed by atoms with E-state index >= 15 is 0 Å². The Hall–Kier alpha value is -1.59. The topological polar surface area (TPSA) is 24.5 Å². The Labute approximate surface area is 140 Å². The number of thiocarbonyl (C=S) groups is 1. The molecule has 0 spiro atoms. The molecule has 1 atom stereocenters. The Bertz CT molecular complexity index is 610. The van der Waals surface area contributed by atoms with Crippen molar-refractivity contribution in [2.75, 3.05) is 13.7 Å². The van der Waals surface area contributed by atoms with Crippen LogP contribution < -0.4 is 10.1 Å². The van der Waals surface area contributed by atoms with Crippen molar-refractivity contribution in [2.24, 2.45) is 0 Å². The van der Waals surface area contributed by atoms with Gasteiger partial charge in [0.05, 0.1) is 13.2 Å². The predicted molar refractivity (Wildman–Crippen MR) is 95.4 cm³/mol. The maximum Gasteiger partial charge on any atom is 0.169 e. The molecule has 0 unspecified atom stereocenters. The average molecular weight is 332 g/mol. The van der Waals surface area contributed by atoms with Crippen LogP contribution in [0.25, 0.3) is 0 Å². The Morgan fingerprint density at radius 2 is 2.18 bits per heavy atom. The highest BCUT2D eigenvalue weighted by Crippen LogP contribution is 2.34. The van der Waals surface area contributed by atoms with Gasteiger partial charge in [0.1, 0.15) is 5.75 Å². The van der Waals surface area contributed by atoms with E-state index in [9.17, 15) is 0 Å². The van der Waals surface area contributed by atoms with Gasteiger partial charge in [-0.3, -0.25) is 0 Å². The van der Waals surface area contributed by atoms with Gasteiger partial charge >= 0.3 is 0 Å². The van der Waals surface area contributed by atoms with Gasteiger partial charge in [0, 0.05) is 18.0 Å². The van der Waals surface area contributed by atoms with Crippen LogP contribution in [0.4, 0.5) is 0 Å². The van der Waals surface area contributed by atoms with Crippen molar-refractivity contribution < 1.29 is 4.74 Å². The summed E-state index contributed by atoms with van der Waals surface area (Å²) >= 11 is 7.42. The fourth-order valence-corrected chi connectivity index (χ4v) is 3.97. The predicted octanol–water partition coefficient (Wildman–Crippen LogP) is 3.97. The van der Waals surface area contributed by atoms with Gasteiger partial charge in [-0.1, -0.05) is 18.2 Å². The first-order valence-electron chi connectivity index (χ1n) is 7.49. The van der Waals surface area contributed by atoms with Crippen molar-refractivity contribution >= 4 is 28.7 Å². The van der Waals surface area contributed by atoms with Crippen LogP contribution in [0.15, 0.2) is 41.8 Å². The number of hydrogen-bond donors (Lipinski definition) is 1. The minimum Gasteiger partial charge on any atom is -0.497 e. The Balaban J connectivity index is 1.59. The standard InChI is InChI=1S/C17H20N2OS2/c1-20-14-8-6-13(7-9-14)12-18-17(21)19-10-2-4-15(19)16-5-3-11-22-16/h3,5-9,11,15H,2,4,10,12H2,1H3,(H,18,21)/t15-/m0/s1. The zero-order valence-corrected chi connectivity index (χ0v) is 14.3. The van der Waals surface area contributed by atoms with E-state index in [1.165, 1.54) is 23.3 Å². The molecule has 1 aliphatic rings. The van der Waals surface area contributed by atoms with E-state index in [-0.39, 0.29) is 0 Å². The summed E-state index contributed by atoms with van der Waals surface area (Å²) in [5.41, 5.74) is 1.20. The molecular weight excluding hydrogens is 312 g/mol. The van der Waals surface area contributed by atoms with Crippen molar-refractivity contribution in [1.82, 2.24) is 10.2 Å². The van der Waals surface area contributed by atoms with Crippen molar-refractivity contribution in [3.8, 4) is 5.75 Å². The van der Waals surface area contributed by atoms with Crippen LogP contribution in [0.1, 0.15) is 29.3 Å². The molecule has 22 heavy (non-hydrogen) atoms. The van der Waals surface area contributed by atoms with Crippen molar-refractivity contribution in [3.05, 3.63) is 52.2 Å². The molecule has 1 N–H and O–H groups in total. The molecule has 1 aliphatic heterocycles. The summed E-state index contributed by atoms with van der Waals surface area (Å²) in [5, 5.41) is 6.38. The van der Waals surface area contributed by atoms with Gasteiger partial charge in [-0.25, -0.2) is 0 Å². The second-order valence-electron chi connectivity index (χ2n) is 5.37. The van der Waals surface area contributed by atoms with Gasteiger partial charge in [0.2, 0.25) is 0 Å². The van der Waals surface area contributed by atoms with E-state index in [1.807, 2.05) is 23.5 Å². The highest BCUT2D eigenvalue weighted by atomic mass is 32.1. The third-order valence-corrected chi connectivity index (χ3v) is 5.34. The van der Waals surface area contributed by atoms with E-state index in [0.717, 1.165) is 24.0 Å². The molecule has 116 valence electrons. The number of ether oxygens (including phenoxy) is 1. The van der Waals surface area contributed by atoms with Gasteiger partial charge in [0.25, 0.3) is 0 Å². The fourth-order valence-electron chi connectivity index (χ4n) is 2.81. The van der Waals surface area contributed by atoms with Gasteiger partial charge in [-0.15, -0.1) is 11.3 Å². The summed E-state index contributed by atoms with van der Waals surface area (Å²) in [6, 6.07) is 12.8. The quantitative estimate of drug-likeness (QED) is 0.856. The molecule has 3 rings (SSSR count). The van der Waals surface area contributed by atoms with Crippen LogP contribution in [-0.4, -0.2) is 23.7 Å². The SMILES string of the molecule is COc1ccc(CNC(=S)N2CCC[C@H]2c2cccs2)cc1. The molecule has 1 aromatic carbocycles. The Kier molecular flexibility index (Phi) is 4.95. The number of likely N-dealkylation sites (tertiary alicyclic amines) is 1. The molecule has 0 saturated carbocycles. The first kappa shape index (κ1) is 15.3. The van der Waals surface area contributed by atoms with E-state index in [4.69, 9.17) is 17.0 Å². The first-order chi connectivity index (χ1) is 10.8. The molecule has 0 bridgehead atoms. The summed E-state index contributed by atoms with van der Waals surface area (Å²) in [6.07, 6.45) is 2.39. The maximum atomic E-state index is 5.61. The third kappa shape index (κ3) is 3.42. The second-order valence-corrected chi connectivity index (χ2v) is 6.74. The minimum atomic E-state index is 0.441. The molecule has 2 aromatic rings. The molecule has 1 aromatic heterocycles. The summed E-state index contributed by atoms with van der Waals surface area (Å²) in [4.78, 5) is 3.73. The highest BCUT2D eigenvalue weighted by molar-refractivity contribution is 7.80. The average Bonchev–Trinajstić information content (AvgIpc) is 3.23. The number of thiophene rings is 1. The largest absolute Gasteiger partial charge is 0.497 e. The molecule has 0 amide bonds. The third-order valence-electron chi connectivity index (χ3n) is 3.99. The zero-order valence-electron chi connectivity index (χ0n) is 12.6. The summed E-state index contributed by atoms with van der Waals surface area (Å²) in [6.45, 7) is 1.79. The number of rotatable bonds is 4. The highest BCUT2D eigenvalue weighted by Gasteiger charge is 2.28. The van der Waals surface area contributed by atoms with Gasteiger partial charge in [-0.05, 0) is 54.2 Å². The van der Waals surface area contributed by atoms with E-state index in [0.29, 0.717) is 6.04 Å². The fraction of sp³-hybridized carbons (Fsp3) is 0.353. The van der Waals surface area contributed by atoms with Crippen molar-refractivity contribution in [2.45, 2.75) is 25.4 Å². The number of nitrogens with one attached hydrogen (secondary N) is 1. The molecule has 5 heteroatoms. The van der Waals surface area contributed by atoms with Crippen LogP contribution in [-0.2, 0) is 6.54 Å². The number of nitrogens with zero attached hydrogens (tertiary/aromatic N) is 1. The molecule has 1 saturated heterocycles. The van der Waals surface area contributed by atoms with Gasteiger partial charge in [0.15, 0.2) is 5.11 Å². The lowest BCUT2D eigenvalue weighted by atomic mass is 10.2. The summed E-state index contributed by atoms with van der Waals surface area (Å²) < 4.78 is 5.18. The molecule has 0 radical (unpaired) electrons. The lowest BCUT2D eigenvalue weighted by Crippen LogP contribution is -2.38. The summed E-state index contributed by atoms with van der Waals surface area (Å²) in [7, 11) is 1.68. The van der Waals surface area contributed by atoms with Crippen LogP contribution in [0.3, 0.4) is 0 Å². The van der Waals surface area contributed by atoms with E-state index < -0.39 is 0 Å². The normalized spacial score (nSPS) is 17.5. The Morgan fingerprint density at radius 3 is 2.86 bits per heavy atom. The lowest BCUT2D eigenvalue weighted by molar-refractivity contribution is 0.398. The van der Waals surface area contributed by atoms with Gasteiger partial charge in [-0.2, -0.15) is 0 Å². The van der Waals surface area contributed by atoms with Crippen LogP contribution >= 0.6 is 23.6 Å². The first-order valence-corrected chi connectivity index (χ1v) is 8.77. The van der Waals surface area contributed by atoms with E-state index in [2.05, 4.69) is 39.9 Å². The minimum absolute atomic E-state index is 0.441. The van der Waals surface area contributed by atoms with Crippen molar-refractivity contribution in [3.63, 3.8) is 0 Å². The molecule has 2 heterocycles. The molecule has 1 fully saturated rings. The van der Waals surface area contributed by atoms with Crippen LogP contribution in [0.2, 0.25) is 0 Å². The summed E-state index contributed by atoms with van der Waals surface area (Å²) in [5.74, 6) is 0.878. The number of hydrogen-bond acceptors (Lipinski definition) is 3. The van der Waals surface area contributed by atoms with E-state index in [1.54, 1.807) is 7.11 Å². The van der Waals surface area contributed by atoms with Crippen LogP contribution in [0.5, 0.6) is 5.75 Å². The van der Waals surface area contributed by atoms with Gasteiger partial charge < -0.3 is 15.0 Å². The second kappa shape index (κ2) is 7.11. The molecular formula is C17H20N2OS2. The smallest absolute Gasteiger partial charge is 0.169 e. The Morgan fingerprint density at radius 1 is 1.36 bits per heavy atom. The maximum absolute atomic E-state index is 5.61. The van der Waals surface area contributed by atoms with Crippen LogP contribution in [0, 0.1) is 0 Å². The zero-order chi connectivity index (χ0) is 15.4. The molecule has 3 nitrogen and oxygen atoms in total. The monoisotopic (exact) mass is 332 g/mol. The van der Waals surface area contributed by atoms with Crippen molar-refractivity contribution in [1.29, 1.82) is 0 Å². The number of methoxy groups -OCH3 is 1. The molecule has 0 aliphatic carbocycles.